The summed E-state index contributed by atoms with van der Waals surface area (Å²) in [6, 6.07) is 16.4. The van der Waals surface area contributed by atoms with Gasteiger partial charge in [0.15, 0.2) is 0 Å². The average Bonchev–Trinajstić information content (AvgIpc) is 2.62. The summed E-state index contributed by atoms with van der Waals surface area (Å²) < 4.78 is 0.863. The molecule has 0 aliphatic carbocycles. The van der Waals surface area contributed by atoms with E-state index < -0.39 is 0 Å². The first-order valence-electron chi connectivity index (χ1n) is 8.45. The maximum atomic E-state index is 12.7. The summed E-state index contributed by atoms with van der Waals surface area (Å²) >= 11 is 3.47. The molecule has 4 heteroatoms. The summed E-state index contributed by atoms with van der Waals surface area (Å²) in [5.41, 5.74) is 3.35. The van der Waals surface area contributed by atoms with Gasteiger partial charge in [-0.05, 0) is 51.7 Å². The molecule has 3 nitrogen and oxygen atoms in total. The van der Waals surface area contributed by atoms with Gasteiger partial charge in [-0.25, -0.2) is 0 Å². The van der Waals surface area contributed by atoms with E-state index in [-0.39, 0.29) is 5.91 Å². The Bertz CT molecular complexity index is 704. The number of carbonyl (C=O) groups excluding carboxylic acids is 1. The Labute approximate surface area is 152 Å². The predicted octanol–water partition coefficient (Wildman–Crippen LogP) is 4.53. The van der Waals surface area contributed by atoms with Gasteiger partial charge in [0.25, 0.3) is 5.91 Å². The minimum atomic E-state index is 0.109. The molecule has 2 aromatic rings. The summed E-state index contributed by atoms with van der Waals surface area (Å²) in [5, 5.41) is 0. The number of carbonyl (C=O) groups is 1. The van der Waals surface area contributed by atoms with Gasteiger partial charge in [0.05, 0.1) is 5.56 Å². The summed E-state index contributed by atoms with van der Waals surface area (Å²) in [6.45, 7) is 7.68. The fourth-order valence-electron chi connectivity index (χ4n) is 3.04. The van der Waals surface area contributed by atoms with Gasteiger partial charge in [-0.15, -0.1) is 0 Å². The maximum absolute atomic E-state index is 12.7. The molecule has 1 heterocycles. The first-order chi connectivity index (χ1) is 11.6. The molecule has 3 rings (SSSR count). The summed E-state index contributed by atoms with van der Waals surface area (Å²) in [7, 11) is 0. The Hall–Kier alpha value is -1.81. The maximum Gasteiger partial charge on any atom is 0.255 e. The molecule has 2 aromatic carbocycles. The van der Waals surface area contributed by atoms with Gasteiger partial charge in [0.1, 0.15) is 0 Å². The molecule has 0 radical (unpaired) electrons. The highest BCUT2D eigenvalue weighted by Gasteiger charge is 2.23. The van der Waals surface area contributed by atoms with Crippen molar-refractivity contribution in [2.24, 2.45) is 0 Å². The number of amides is 1. The summed E-state index contributed by atoms with van der Waals surface area (Å²) in [4.78, 5) is 17.0. The van der Waals surface area contributed by atoms with Gasteiger partial charge in [0.2, 0.25) is 0 Å². The van der Waals surface area contributed by atoms with Gasteiger partial charge in [-0.2, -0.15) is 0 Å². The quantitative estimate of drug-likeness (QED) is 0.772. The second kappa shape index (κ2) is 7.39. The van der Waals surface area contributed by atoms with E-state index in [1.165, 1.54) is 11.3 Å². The second-order valence-corrected chi connectivity index (χ2v) is 7.36. The van der Waals surface area contributed by atoms with Gasteiger partial charge in [-0.1, -0.05) is 38.1 Å². The van der Waals surface area contributed by atoms with E-state index in [2.05, 4.69) is 58.9 Å². The smallest absolute Gasteiger partial charge is 0.255 e. The summed E-state index contributed by atoms with van der Waals surface area (Å²) in [6.07, 6.45) is 0. The number of halogens is 1. The largest absolute Gasteiger partial charge is 0.368 e. The van der Waals surface area contributed by atoms with Gasteiger partial charge < -0.3 is 9.80 Å². The van der Waals surface area contributed by atoms with Crippen LogP contribution in [0.3, 0.4) is 0 Å². The fourth-order valence-corrected chi connectivity index (χ4v) is 3.50. The van der Waals surface area contributed by atoms with E-state index in [9.17, 15) is 4.79 Å². The van der Waals surface area contributed by atoms with Crippen LogP contribution in [0.4, 0.5) is 5.69 Å². The van der Waals surface area contributed by atoms with Crippen LogP contribution >= 0.6 is 15.9 Å². The molecular formula is C20H23BrN2O. The molecule has 126 valence electrons. The molecule has 1 saturated heterocycles. The molecule has 0 saturated carbocycles. The van der Waals surface area contributed by atoms with Crippen molar-refractivity contribution in [2.75, 3.05) is 31.1 Å². The highest BCUT2D eigenvalue weighted by atomic mass is 79.9. The predicted molar refractivity (Wildman–Crippen MR) is 103 cm³/mol. The molecular weight excluding hydrogens is 364 g/mol. The lowest BCUT2D eigenvalue weighted by molar-refractivity contribution is 0.0746. The number of rotatable bonds is 3. The minimum Gasteiger partial charge on any atom is -0.368 e. The van der Waals surface area contributed by atoms with Crippen LogP contribution in [0.5, 0.6) is 0 Å². The van der Waals surface area contributed by atoms with Gasteiger partial charge in [-0.3, -0.25) is 4.79 Å². The van der Waals surface area contributed by atoms with Crippen molar-refractivity contribution in [1.29, 1.82) is 0 Å². The zero-order valence-corrected chi connectivity index (χ0v) is 15.8. The Morgan fingerprint density at radius 1 is 0.958 bits per heavy atom. The van der Waals surface area contributed by atoms with Crippen LogP contribution in [-0.4, -0.2) is 37.0 Å². The SMILES string of the molecule is CC(C)c1ccc(N2CCN(C(=O)c3ccccc3Br)CC2)cc1. The number of nitrogens with zero attached hydrogens (tertiary/aromatic N) is 2. The molecule has 0 atom stereocenters. The van der Waals surface area contributed by atoms with Crippen molar-refractivity contribution in [1.82, 2.24) is 4.90 Å². The number of benzene rings is 2. The highest BCUT2D eigenvalue weighted by Crippen LogP contribution is 2.23. The first kappa shape index (κ1) is 17.0. The van der Waals surface area contributed by atoms with Crippen molar-refractivity contribution < 1.29 is 4.79 Å². The lowest BCUT2D eigenvalue weighted by Crippen LogP contribution is -2.48. The van der Waals surface area contributed by atoms with Crippen LogP contribution in [0.25, 0.3) is 0 Å². The van der Waals surface area contributed by atoms with Crippen molar-refractivity contribution in [3.05, 3.63) is 64.1 Å². The number of hydrogen-bond donors (Lipinski definition) is 0. The van der Waals surface area contributed by atoms with E-state index in [1.807, 2.05) is 29.2 Å². The third-order valence-corrected chi connectivity index (χ3v) is 5.29. The number of anilines is 1. The molecule has 0 spiro atoms. The van der Waals surface area contributed by atoms with Crippen molar-refractivity contribution in [3.63, 3.8) is 0 Å². The number of hydrogen-bond acceptors (Lipinski definition) is 2. The van der Waals surface area contributed by atoms with E-state index in [0.29, 0.717) is 5.92 Å². The molecule has 1 aliphatic heterocycles. The lowest BCUT2D eigenvalue weighted by atomic mass is 10.0. The number of piperazine rings is 1. The van der Waals surface area contributed by atoms with Crippen LogP contribution in [-0.2, 0) is 0 Å². The van der Waals surface area contributed by atoms with E-state index in [1.54, 1.807) is 0 Å². The van der Waals surface area contributed by atoms with Crippen LogP contribution in [0.15, 0.2) is 53.0 Å². The van der Waals surface area contributed by atoms with Gasteiger partial charge >= 0.3 is 0 Å². The first-order valence-corrected chi connectivity index (χ1v) is 9.24. The molecule has 0 N–H and O–H groups in total. The molecule has 0 unspecified atom stereocenters. The van der Waals surface area contributed by atoms with Crippen LogP contribution in [0.1, 0.15) is 35.7 Å². The molecule has 1 aliphatic rings. The van der Waals surface area contributed by atoms with E-state index >= 15 is 0 Å². The third kappa shape index (κ3) is 3.64. The van der Waals surface area contributed by atoms with E-state index in [4.69, 9.17) is 0 Å². The highest BCUT2D eigenvalue weighted by molar-refractivity contribution is 9.10. The topological polar surface area (TPSA) is 23.6 Å². The normalized spacial score (nSPS) is 15.0. The van der Waals surface area contributed by atoms with E-state index in [0.717, 1.165) is 36.2 Å². The third-order valence-electron chi connectivity index (χ3n) is 4.60. The molecule has 24 heavy (non-hydrogen) atoms. The fraction of sp³-hybridized carbons (Fsp3) is 0.350. The van der Waals surface area contributed by atoms with Crippen LogP contribution < -0.4 is 4.90 Å². The zero-order chi connectivity index (χ0) is 17.1. The Kier molecular flexibility index (Phi) is 5.24. The molecule has 1 fully saturated rings. The minimum absolute atomic E-state index is 0.109. The zero-order valence-electron chi connectivity index (χ0n) is 14.2. The second-order valence-electron chi connectivity index (χ2n) is 6.51. The van der Waals surface area contributed by atoms with Crippen molar-refractivity contribution in [3.8, 4) is 0 Å². The lowest BCUT2D eigenvalue weighted by Gasteiger charge is -2.36. The summed E-state index contributed by atoms with van der Waals surface area (Å²) in [5.74, 6) is 0.662. The standard InChI is InChI=1S/C20H23BrN2O/c1-15(2)16-7-9-17(10-8-16)22-11-13-23(14-12-22)20(24)18-5-3-4-6-19(18)21/h3-10,15H,11-14H2,1-2H3. The Morgan fingerprint density at radius 3 is 2.17 bits per heavy atom. The molecule has 0 bridgehead atoms. The average molecular weight is 387 g/mol. The Morgan fingerprint density at radius 2 is 1.58 bits per heavy atom. The molecule has 1 amide bonds. The van der Waals surface area contributed by atoms with Crippen molar-refractivity contribution in [2.45, 2.75) is 19.8 Å². The van der Waals surface area contributed by atoms with Crippen molar-refractivity contribution >= 4 is 27.5 Å². The monoisotopic (exact) mass is 386 g/mol. The van der Waals surface area contributed by atoms with Crippen LogP contribution in [0.2, 0.25) is 0 Å². The van der Waals surface area contributed by atoms with Gasteiger partial charge in [0, 0.05) is 36.3 Å². The van der Waals surface area contributed by atoms with Crippen LogP contribution in [0, 0.1) is 0 Å². The molecule has 0 aromatic heterocycles. The Balaban J connectivity index is 1.63.